The highest BCUT2D eigenvalue weighted by Gasteiger charge is 2.16. The van der Waals surface area contributed by atoms with Crippen molar-refractivity contribution in [3.05, 3.63) is 11.6 Å². The second-order valence-electron chi connectivity index (χ2n) is 5.22. The van der Waals surface area contributed by atoms with E-state index in [1.807, 2.05) is 0 Å². The zero-order valence-electron chi connectivity index (χ0n) is 10.7. The lowest BCUT2D eigenvalue weighted by Gasteiger charge is -2.16. The quantitative estimate of drug-likeness (QED) is 0.795. The summed E-state index contributed by atoms with van der Waals surface area (Å²) in [6, 6.07) is 0.0128. The lowest BCUT2D eigenvalue weighted by atomic mass is 9.92. The van der Waals surface area contributed by atoms with Gasteiger partial charge in [0.15, 0.2) is 5.78 Å². The molecule has 1 aliphatic carbocycles. The van der Waals surface area contributed by atoms with E-state index in [2.05, 4.69) is 19.9 Å². The van der Waals surface area contributed by atoms with Gasteiger partial charge in [0.2, 0.25) is 0 Å². The summed E-state index contributed by atoms with van der Waals surface area (Å²) in [6.07, 6.45) is 9.66. The van der Waals surface area contributed by atoms with Gasteiger partial charge >= 0.3 is 0 Å². The zero-order valence-corrected chi connectivity index (χ0v) is 10.7. The van der Waals surface area contributed by atoms with Gasteiger partial charge in [-0.15, -0.1) is 0 Å². The van der Waals surface area contributed by atoms with Crippen molar-refractivity contribution >= 4 is 5.78 Å². The molecule has 0 aromatic carbocycles. The van der Waals surface area contributed by atoms with Crippen LogP contribution in [-0.4, -0.2) is 11.8 Å². The van der Waals surface area contributed by atoms with Crippen molar-refractivity contribution in [1.82, 2.24) is 0 Å². The molecule has 1 unspecified atom stereocenters. The minimum absolute atomic E-state index is 0.0128. The van der Waals surface area contributed by atoms with Crippen molar-refractivity contribution in [2.45, 2.75) is 64.8 Å². The van der Waals surface area contributed by atoms with Crippen LogP contribution in [0.3, 0.4) is 0 Å². The summed E-state index contributed by atoms with van der Waals surface area (Å²) >= 11 is 0. The summed E-state index contributed by atoms with van der Waals surface area (Å²) in [7, 11) is 0. The maximum absolute atomic E-state index is 12.0. The number of Topliss-reactive ketones (excluding diaryl/α,β-unsaturated/α-hetero) is 1. The van der Waals surface area contributed by atoms with Crippen molar-refractivity contribution in [2.75, 3.05) is 0 Å². The van der Waals surface area contributed by atoms with Gasteiger partial charge in [0.1, 0.15) is 0 Å². The fraction of sp³-hybridized carbons (Fsp3) is 0.786. The van der Waals surface area contributed by atoms with Crippen molar-refractivity contribution in [1.29, 1.82) is 0 Å². The third kappa shape index (κ3) is 4.48. The standard InChI is InChI=1S/C14H25NO/c1-11(2)13(15)10-14(16)12-8-6-4-3-5-7-9-12/h8,11,13H,3-7,9-10,15H2,1-2H3. The van der Waals surface area contributed by atoms with Crippen molar-refractivity contribution in [3.8, 4) is 0 Å². The molecule has 2 nitrogen and oxygen atoms in total. The molecule has 0 radical (unpaired) electrons. The maximum atomic E-state index is 12.0. The Morgan fingerprint density at radius 2 is 2.00 bits per heavy atom. The SMILES string of the molecule is CC(C)C(N)CC(=O)C1=CCCCCCC1. The van der Waals surface area contributed by atoms with E-state index in [-0.39, 0.29) is 11.8 Å². The molecule has 0 aliphatic heterocycles. The van der Waals surface area contributed by atoms with E-state index in [1.54, 1.807) is 0 Å². The van der Waals surface area contributed by atoms with Gasteiger partial charge in [0.05, 0.1) is 0 Å². The van der Waals surface area contributed by atoms with Crippen LogP contribution in [0.1, 0.15) is 58.8 Å². The van der Waals surface area contributed by atoms with Gasteiger partial charge < -0.3 is 5.73 Å². The topological polar surface area (TPSA) is 43.1 Å². The fourth-order valence-electron chi connectivity index (χ4n) is 2.03. The van der Waals surface area contributed by atoms with E-state index in [1.165, 1.54) is 19.3 Å². The Morgan fingerprint density at radius 3 is 2.69 bits per heavy atom. The Labute approximate surface area is 99.3 Å². The normalized spacial score (nSPS) is 19.9. The second kappa shape index (κ2) is 6.85. The molecule has 92 valence electrons. The van der Waals surface area contributed by atoms with Gasteiger partial charge in [0, 0.05) is 12.5 Å². The summed E-state index contributed by atoms with van der Waals surface area (Å²) in [4.78, 5) is 12.0. The first-order valence-electron chi connectivity index (χ1n) is 6.59. The van der Waals surface area contributed by atoms with Crippen LogP contribution in [0.25, 0.3) is 0 Å². The number of rotatable bonds is 4. The Morgan fingerprint density at radius 1 is 1.31 bits per heavy atom. The number of carbonyl (C=O) groups excluding carboxylic acids is 1. The molecule has 0 bridgehead atoms. The van der Waals surface area contributed by atoms with Crippen LogP contribution in [0.15, 0.2) is 11.6 Å². The molecule has 1 aliphatic rings. The minimum atomic E-state index is 0.0128. The largest absolute Gasteiger partial charge is 0.327 e. The summed E-state index contributed by atoms with van der Waals surface area (Å²) in [5, 5.41) is 0. The summed E-state index contributed by atoms with van der Waals surface area (Å²) in [5.74, 6) is 0.668. The van der Waals surface area contributed by atoms with Gasteiger partial charge in [-0.2, -0.15) is 0 Å². The van der Waals surface area contributed by atoms with E-state index >= 15 is 0 Å². The first-order chi connectivity index (χ1) is 7.61. The van der Waals surface area contributed by atoms with Crippen molar-refractivity contribution in [2.24, 2.45) is 11.7 Å². The lowest BCUT2D eigenvalue weighted by molar-refractivity contribution is -0.116. The van der Waals surface area contributed by atoms with Gasteiger partial charge in [0.25, 0.3) is 0 Å². The molecule has 0 amide bonds. The van der Waals surface area contributed by atoms with Crippen LogP contribution in [-0.2, 0) is 4.79 Å². The third-order valence-electron chi connectivity index (χ3n) is 3.43. The first kappa shape index (κ1) is 13.4. The van der Waals surface area contributed by atoms with Gasteiger partial charge in [-0.25, -0.2) is 0 Å². The van der Waals surface area contributed by atoms with Crippen LogP contribution >= 0.6 is 0 Å². The highest BCUT2D eigenvalue weighted by atomic mass is 16.1. The molecule has 0 fully saturated rings. The highest BCUT2D eigenvalue weighted by Crippen LogP contribution is 2.19. The van der Waals surface area contributed by atoms with Gasteiger partial charge in [-0.3, -0.25) is 4.79 Å². The maximum Gasteiger partial charge on any atom is 0.160 e. The van der Waals surface area contributed by atoms with E-state index in [4.69, 9.17) is 5.73 Å². The molecule has 0 spiro atoms. The Kier molecular flexibility index (Phi) is 5.75. The summed E-state index contributed by atoms with van der Waals surface area (Å²) in [5.41, 5.74) is 6.98. The molecule has 0 aromatic heterocycles. The highest BCUT2D eigenvalue weighted by molar-refractivity contribution is 5.95. The van der Waals surface area contributed by atoms with E-state index < -0.39 is 0 Å². The van der Waals surface area contributed by atoms with Gasteiger partial charge in [-0.05, 0) is 37.2 Å². The number of ketones is 1. The number of hydrogen-bond acceptors (Lipinski definition) is 2. The molecule has 1 atom stereocenters. The molecule has 2 heteroatoms. The van der Waals surface area contributed by atoms with Crippen LogP contribution in [0.5, 0.6) is 0 Å². The second-order valence-corrected chi connectivity index (χ2v) is 5.22. The number of carbonyl (C=O) groups is 1. The predicted molar refractivity (Wildman–Crippen MR) is 68.2 cm³/mol. The fourth-order valence-corrected chi connectivity index (χ4v) is 2.03. The van der Waals surface area contributed by atoms with Crippen LogP contribution in [0, 0.1) is 5.92 Å². The average Bonchev–Trinajstić information content (AvgIpc) is 2.16. The van der Waals surface area contributed by atoms with Crippen LogP contribution in [0.2, 0.25) is 0 Å². The third-order valence-corrected chi connectivity index (χ3v) is 3.43. The smallest absolute Gasteiger partial charge is 0.160 e. The molecule has 16 heavy (non-hydrogen) atoms. The Balaban J connectivity index is 2.50. The molecule has 0 saturated carbocycles. The molecule has 0 aromatic rings. The number of hydrogen-bond donors (Lipinski definition) is 1. The molecular weight excluding hydrogens is 198 g/mol. The predicted octanol–water partition coefficient (Wildman–Crippen LogP) is 3.21. The average molecular weight is 223 g/mol. The monoisotopic (exact) mass is 223 g/mol. The lowest BCUT2D eigenvalue weighted by Crippen LogP contribution is -2.29. The Bertz CT molecular complexity index is 255. The number of allylic oxidation sites excluding steroid dienone is 2. The molecular formula is C14H25NO. The van der Waals surface area contributed by atoms with Crippen molar-refractivity contribution in [3.63, 3.8) is 0 Å². The summed E-state index contributed by atoms with van der Waals surface area (Å²) in [6.45, 7) is 4.15. The first-order valence-corrected chi connectivity index (χ1v) is 6.59. The molecule has 1 rings (SSSR count). The van der Waals surface area contributed by atoms with Crippen LogP contribution in [0.4, 0.5) is 0 Å². The molecule has 0 saturated heterocycles. The van der Waals surface area contributed by atoms with E-state index in [9.17, 15) is 4.79 Å². The zero-order chi connectivity index (χ0) is 12.0. The van der Waals surface area contributed by atoms with Crippen molar-refractivity contribution < 1.29 is 4.79 Å². The van der Waals surface area contributed by atoms with Crippen LogP contribution < -0.4 is 5.73 Å². The van der Waals surface area contributed by atoms with E-state index in [0.29, 0.717) is 12.3 Å². The molecule has 0 heterocycles. The minimum Gasteiger partial charge on any atom is -0.327 e. The molecule has 2 N–H and O–H groups in total. The summed E-state index contributed by atoms with van der Waals surface area (Å²) < 4.78 is 0. The number of nitrogens with two attached hydrogens (primary N) is 1. The Hall–Kier alpha value is -0.630. The van der Waals surface area contributed by atoms with E-state index in [0.717, 1.165) is 24.8 Å². The van der Waals surface area contributed by atoms with Gasteiger partial charge in [-0.1, -0.05) is 32.8 Å².